The van der Waals surface area contributed by atoms with E-state index >= 15 is 0 Å². The third-order valence-corrected chi connectivity index (χ3v) is 5.04. The van der Waals surface area contributed by atoms with E-state index in [1.165, 1.54) is 50.3 Å². The first-order chi connectivity index (χ1) is 9.75. The molecule has 2 aromatic carbocycles. The second-order valence-electron chi connectivity index (χ2n) is 6.32. The molecule has 2 rings (SSSR count). The first-order valence-corrected chi connectivity index (χ1v) is 7.63. The van der Waals surface area contributed by atoms with Crippen LogP contribution >= 0.6 is 0 Å². The lowest BCUT2D eigenvalue weighted by atomic mass is 9.96. The minimum absolute atomic E-state index is 1.30. The summed E-state index contributed by atoms with van der Waals surface area (Å²) in [7, 11) is 2.18. The molecule has 1 heteroatoms. The van der Waals surface area contributed by atoms with Crippen LogP contribution in [-0.2, 0) is 0 Å². The highest BCUT2D eigenvalue weighted by Crippen LogP contribution is 2.36. The summed E-state index contributed by atoms with van der Waals surface area (Å²) in [5.41, 5.74) is 12.2. The normalized spacial score (nSPS) is 10.9. The lowest BCUT2D eigenvalue weighted by molar-refractivity contribution is 1.11. The van der Waals surface area contributed by atoms with Gasteiger partial charge in [0, 0.05) is 18.4 Å². The molecule has 0 aliphatic rings. The van der Waals surface area contributed by atoms with Gasteiger partial charge in [0.15, 0.2) is 0 Å². The van der Waals surface area contributed by atoms with E-state index in [4.69, 9.17) is 0 Å². The van der Waals surface area contributed by atoms with Gasteiger partial charge in [-0.2, -0.15) is 0 Å². The summed E-state index contributed by atoms with van der Waals surface area (Å²) in [5, 5.41) is 0. The van der Waals surface area contributed by atoms with Crippen LogP contribution in [0.25, 0.3) is 0 Å². The molecule has 0 aliphatic carbocycles. The van der Waals surface area contributed by atoms with Crippen LogP contribution in [0.4, 0.5) is 11.4 Å². The average Bonchev–Trinajstić information content (AvgIpc) is 2.42. The minimum atomic E-state index is 1.30. The molecular formula is C20H27N. The highest BCUT2D eigenvalue weighted by Gasteiger charge is 2.16. The first-order valence-electron chi connectivity index (χ1n) is 7.63. The maximum atomic E-state index is 2.35. The van der Waals surface area contributed by atoms with Crippen LogP contribution in [0.1, 0.15) is 38.9 Å². The van der Waals surface area contributed by atoms with E-state index in [9.17, 15) is 0 Å². The number of anilines is 2. The van der Waals surface area contributed by atoms with Crippen molar-refractivity contribution < 1.29 is 0 Å². The Labute approximate surface area is 129 Å². The van der Waals surface area contributed by atoms with E-state index in [1.54, 1.807) is 0 Å². The van der Waals surface area contributed by atoms with Crippen molar-refractivity contribution in [2.75, 3.05) is 11.9 Å². The second kappa shape index (κ2) is 5.55. The largest absolute Gasteiger partial charge is 0.344 e. The van der Waals surface area contributed by atoms with Crippen LogP contribution in [0.3, 0.4) is 0 Å². The monoisotopic (exact) mass is 281 g/mol. The second-order valence-corrected chi connectivity index (χ2v) is 6.32. The fourth-order valence-electron chi connectivity index (χ4n) is 3.21. The molecule has 0 heterocycles. The van der Waals surface area contributed by atoms with E-state index in [1.807, 2.05) is 0 Å². The number of nitrogens with zero attached hydrogens (tertiary/aromatic N) is 1. The molecule has 0 saturated carbocycles. The summed E-state index contributed by atoms with van der Waals surface area (Å²) in [5.74, 6) is 0. The maximum absolute atomic E-state index is 2.35. The predicted octanol–water partition coefficient (Wildman–Crippen LogP) is 5.61. The Hall–Kier alpha value is -1.76. The molecule has 0 unspecified atom stereocenters. The summed E-state index contributed by atoms with van der Waals surface area (Å²) in [4.78, 5) is 2.35. The van der Waals surface area contributed by atoms with Crippen molar-refractivity contribution in [3.05, 3.63) is 57.1 Å². The van der Waals surface area contributed by atoms with E-state index in [2.05, 4.69) is 78.6 Å². The van der Waals surface area contributed by atoms with Crippen molar-refractivity contribution in [3.8, 4) is 0 Å². The highest BCUT2D eigenvalue weighted by atomic mass is 15.1. The van der Waals surface area contributed by atoms with Gasteiger partial charge in [-0.1, -0.05) is 12.1 Å². The maximum Gasteiger partial charge on any atom is 0.0470 e. The number of benzene rings is 2. The molecule has 0 N–H and O–H groups in total. The van der Waals surface area contributed by atoms with Crippen LogP contribution < -0.4 is 4.90 Å². The van der Waals surface area contributed by atoms with Gasteiger partial charge in [-0.25, -0.2) is 0 Å². The minimum Gasteiger partial charge on any atom is -0.344 e. The molecular weight excluding hydrogens is 254 g/mol. The van der Waals surface area contributed by atoms with Gasteiger partial charge >= 0.3 is 0 Å². The smallest absolute Gasteiger partial charge is 0.0470 e. The van der Waals surface area contributed by atoms with Crippen LogP contribution in [-0.4, -0.2) is 7.05 Å². The van der Waals surface area contributed by atoms with Crippen molar-refractivity contribution >= 4 is 11.4 Å². The van der Waals surface area contributed by atoms with Crippen molar-refractivity contribution in [2.45, 2.75) is 48.5 Å². The van der Waals surface area contributed by atoms with E-state index in [0.29, 0.717) is 0 Å². The molecule has 0 spiro atoms. The van der Waals surface area contributed by atoms with Crippen LogP contribution in [0.15, 0.2) is 18.2 Å². The van der Waals surface area contributed by atoms with Crippen molar-refractivity contribution in [3.63, 3.8) is 0 Å². The van der Waals surface area contributed by atoms with Crippen LogP contribution in [0.5, 0.6) is 0 Å². The zero-order chi connectivity index (χ0) is 15.9. The van der Waals surface area contributed by atoms with Crippen molar-refractivity contribution in [2.24, 2.45) is 0 Å². The lowest BCUT2D eigenvalue weighted by Gasteiger charge is -2.28. The summed E-state index contributed by atoms with van der Waals surface area (Å²) >= 11 is 0. The zero-order valence-electron chi connectivity index (χ0n) is 14.7. The van der Waals surface area contributed by atoms with Gasteiger partial charge in [-0.3, -0.25) is 0 Å². The first kappa shape index (κ1) is 15.6. The molecule has 0 aliphatic heterocycles. The molecule has 21 heavy (non-hydrogen) atoms. The Balaban J connectivity index is 2.64. The van der Waals surface area contributed by atoms with Crippen molar-refractivity contribution in [1.82, 2.24) is 0 Å². The van der Waals surface area contributed by atoms with Gasteiger partial charge in [0.05, 0.1) is 0 Å². The van der Waals surface area contributed by atoms with E-state index in [0.717, 1.165) is 0 Å². The fourth-order valence-corrected chi connectivity index (χ4v) is 3.21. The van der Waals surface area contributed by atoms with Crippen molar-refractivity contribution in [1.29, 1.82) is 0 Å². The Kier molecular flexibility index (Phi) is 4.13. The molecule has 1 nitrogen and oxygen atoms in total. The average molecular weight is 281 g/mol. The summed E-state index contributed by atoms with van der Waals surface area (Å²) in [6.07, 6.45) is 0. The zero-order valence-corrected chi connectivity index (χ0v) is 14.7. The molecule has 0 saturated heterocycles. The highest BCUT2D eigenvalue weighted by molar-refractivity contribution is 5.73. The van der Waals surface area contributed by atoms with Gasteiger partial charge in [0.25, 0.3) is 0 Å². The van der Waals surface area contributed by atoms with Gasteiger partial charge in [0.1, 0.15) is 0 Å². The number of hydrogen-bond acceptors (Lipinski definition) is 1. The molecule has 0 atom stereocenters. The summed E-state index contributed by atoms with van der Waals surface area (Å²) < 4.78 is 0. The fraction of sp³-hybridized carbons (Fsp3) is 0.400. The summed E-state index contributed by atoms with van der Waals surface area (Å²) in [6.45, 7) is 15.5. The van der Waals surface area contributed by atoms with Crippen LogP contribution in [0, 0.1) is 48.5 Å². The van der Waals surface area contributed by atoms with E-state index < -0.39 is 0 Å². The van der Waals surface area contributed by atoms with Gasteiger partial charge in [-0.15, -0.1) is 0 Å². The SMILES string of the molecule is Cc1ccc(N(C)c2c(C)cc(C)c(C)c2C)c(C)c1C. The van der Waals surface area contributed by atoms with E-state index in [-0.39, 0.29) is 0 Å². The Bertz CT molecular complexity index is 696. The molecule has 112 valence electrons. The Morgan fingerprint density at radius 1 is 0.619 bits per heavy atom. The molecule has 0 aromatic heterocycles. The number of aryl methyl sites for hydroxylation is 3. The summed E-state index contributed by atoms with van der Waals surface area (Å²) in [6, 6.07) is 6.76. The topological polar surface area (TPSA) is 3.24 Å². The number of rotatable bonds is 2. The standard InChI is InChI=1S/C20H27N/c1-12-9-10-19(17(6)15(12)4)21(8)20-14(3)11-13(2)16(5)18(20)7/h9-11H,1-8H3. The van der Waals surface area contributed by atoms with Gasteiger partial charge < -0.3 is 4.90 Å². The third kappa shape index (κ3) is 2.57. The van der Waals surface area contributed by atoms with Gasteiger partial charge in [0.2, 0.25) is 0 Å². The molecule has 0 bridgehead atoms. The molecule has 0 fully saturated rings. The number of hydrogen-bond donors (Lipinski definition) is 0. The van der Waals surface area contributed by atoms with Crippen LogP contribution in [0.2, 0.25) is 0 Å². The Morgan fingerprint density at radius 3 is 1.81 bits per heavy atom. The quantitative estimate of drug-likeness (QED) is 0.691. The molecule has 2 aromatic rings. The molecule has 0 radical (unpaired) electrons. The molecule has 0 amide bonds. The van der Waals surface area contributed by atoms with Gasteiger partial charge in [-0.05, 0) is 93.5 Å². The Morgan fingerprint density at radius 2 is 1.19 bits per heavy atom. The third-order valence-electron chi connectivity index (χ3n) is 5.04. The lowest BCUT2D eigenvalue weighted by Crippen LogP contribution is -2.15. The predicted molar refractivity (Wildman–Crippen MR) is 94.1 cm³/mol.